The summed E-state index contributed by atoms with van der Waals surface area (Å²) in [5.74, 6) is 0.765. The van der Waals surface area contributed by atoms with Crippen molar-refractivity contribution in [3.8, 4) is 11.5 Å². The van der Waals surface area contributed by atoms with Crippen LogP contribution >= 0.6 is 11.6 Å². The molecule has 0 amide bonds. The quantitative estimate of drug-likeness (QED) is 0.201. The van der Waals surface area contributed by atoms with E-state index in [2.05, 4.69) is 4.90 Å². The summed E-state index contributed by atoms with van der Waals surface area (Å²) < 4.78 is 43.4. The molecule has 7 nitrogen and oxygen atoms in total. The number of fused-ring (bicyclic) bond motifs is 2. The Kier molecular flexibility index (Phi) is 7.78. The highest BCUT2D eigenvalue weighted by Crippen LogP contribution is 2.49. The number of rotatable bonds is 9. The molecule has 0 unspecified atom stereocenters. The van der Waals surface area contributed by atoms with Gasteiger partial charge in [-0.2, -0.15) is 0 Å². The van der Waals surface area contributed by atoms with Crippen molar-refractivity contribution in [1.82, 2.24) is 14.5 Å². The number of carboxylic acid groups (broad SMARTS) is 1. The van der Waals surface area contributed by atoms with E-state index in [9.17, 15) is 14.3 Å². The molecule has 234 valence electrons. The highest BCUT2D eigenvalue weighted by atomic mass is 35.5. The molecule has 45 heavy (non-hydrogen) atoms. The number of hydrogen-bond donors (Lipinski definition) is 1. The fraction of sp³-hybridized carbons (Fsp3) is 0.371. The number of alkyl halides is 1. The second-order valence-electron chi connectivity index (χ2n) is 12.5. The Labute approximate surface area is 265 Å². The first-order valence-electron chi connectivity index (χ1n) is 15.3. The van der Waals surface area contributed by atoms with E-state index in [1.54, 1.807) is 49.6 Å². The standard InChI is InChI=1S/C35H34ClF2N3O4/c1-44-30-16-23(36)6-7-26(30)31-17-27(38)25-4-2-3-24(33(25)45-31)21-9-13-40(14-10-21)18-32-39-28-8-5-22(34(42)43)15-29(28)41(32)20-35(19-37)11-12-35/h2-8,15-17,21,31H,9-14,18-20H2,1H3,(H,42,43)/t31-/m0/s1. The number of imidazole rings is 1. The van der Waals surface area contributed by atoms with Crippen molar-refractivity contribution < 1.29 is 28.2 Å². The van der Waals surface area contributed by atoms with Gasteiger partial charge < -0.3 is 19.1 Å². The zero-order valence-electron chi connectivity index (χ0n) is 24.9. The number of aromatic carboxylic acids is 1. The first-order valence-corrected chi connectivity index (χ1v) is 15.7. The molecule has 1 saturated heterocycles. The topological polar surface area (TPSA) is 76.8 Å². The lowest BCUT2D eigenvalue weighted by Crippen LogP contribution is -2.34. The van der Waals surface area contributed by atoms with E-state index in [0.29, 0.717) is 40.7 Å². The average molecular weight is 634 g/mol. The number of ether oxygens (including phenoxy) is 2. The molecule has 4 aromatic rings. The van der Waals surface area contributed by atoms with Crippen molar-refractivity contribution in [2.45, 2.75) is 50.8 Å². The number of aromatic nitrogens is 2. The van der Waals surface area contributed by atoms with E-state index in [-0.39, 0.29) is 17.3 Å². The van der Waals surface area contributed by atoms with Crippen molar-refractivity contribution in [3.05, 3.63) is 93.8 Å². The van der Waals surface area contributed by atoms with Gasteiger partial charge in [0.15, 0.2) is 0 Å². The molecule has 0 spiro atoms. The molecular formula is C35H34ClF2N3O4. The normalized spacial score (nSPS) is 19.6. The first kappa shape index (κ1) is 29.7. The molecule has 1 atom stereocenters. The molecule has 3 aliphatic rings. The zero-order valence-corrected chi connectivity index (χ0v) is 25.7. The molecule has 1 saturated carbocycles. The van der Waals surface area contributed by atoms with Gasteiger partial charge >= 0.3 is 5.97 Å². The number of benzene rings is 3. The molecule has 1 aliphatic carbocycles. The minimum absolute atomic E-state index is 0.174. The van der Waals surface area contributed by atoms with Crippen LogP contribution < -0.4 is 9.47 Å². The fourth-order valence-electron chi connectivity index (χ4n) is 6.70. The number of carbonyl (C=O) groups is 1. The van der Waals surface area contributed by atoms with Crippen LogP contribution in [0.5, 0.6) is 11.5 Å². The van der Waals surface area contributed by atoms with Crippen LogP contribution in [0, 0.1) is 5.41 Å². The number of carboxylic acids is 1. The lowest BCUT2D eigenvalue weighted by atomic mass is 9.86. The maximum absolute atomic E-state index is 15.5. The van der Waals surface area contributed by atoms with Gasteiger partial charge in [0.1, 0.15) is 29.3 Å². The lowest BCUT2D eigenvalue weighted by molar-refractivity contribution is 0.0697. The summed E-state index contributed by atoms with van der Waals surface area (Å²) in [6, 6.07) is 15.8. The third-order valence-corrected chi connectivity index (χ3v) is 9.78. The van der Waals surface area contributed by atoms with Gasteiger partial charge in [-0.05, 0) is 98.8 Å². The van der Waals surface area contributed by atoms with E-state index in [1.165, 1.54) is 6.08 Å². The Bertz CT molecular complexity index is 1810. The van der Waals surface area contributed by atoms with E-state index in [1.807, 2.05) is 16.7 Å². The first-order chi connectivity index (χ1) is 21.8. The molecule has 0 bridgehead atoms. The summed E-state index contributed by atoms with van der Waals surface area (Å²) >= 11 is 6.16. The van der Waals surface area contributed by atoms with Crippen LogP contribution in [0.2, 0.25) is 5.02 Å². The summed E-state index contributed by atoms with van der Waals surface area (Å²) in [5.41, 5.74) is 3.39. The fourth-order valence-corrected chi connectivity index (χ4v) is 6.87. The zero-order chi connectivity index (χ0) is 31.3. The van der Waals surface area contributed by atoms with Crippen LogP contribution in [0.25, 0.3) is 16.9 Å². The average Bonchev–Trinajstić information content (AvgIpc) is 3.75. The minimum atomic E-state index is -0.999. The van der Waals surface area contributed by atoms with Gasteiger partial charge in [-0.3, -0.25) is 9.29 Å². The Morgan fingerprint density at radius 1 is 1.13 bits per heavy atom. The summed E-state index contributed by atoms with van der Waals surface area (Å²) in [7, 11) is 1.55. The van der Waals surface area contributed by atoms with Crippen molar-refractivity contribution >= 4 is 34.4 Å². The molecule has 3 aromatic carbocycles. The predicted octanol–water partition coefficient (Wildman–Crippen LogP) is 7.97. The van der Waals surface area contributed by atoms with Crippen LogP contribution in [0.1, 0.15) is 70.6 Å². The Morgan fingerprint density at radius 3 is 2.64 bits per heavy atom. The highest BCUT2D eigenvalue weighted by molar-refractivity contribution is 6.30. The second kappa shape index (κ2) is 11.8. The number of likely N-dealkylation sites (tertiary alicyclic amines) is 1. The monoisotopic (exact) mass is 633 g/mol. The minimum Gasteiger partial charge on any atom is -0.496 e. The number of nitrogens with zero attached hydrogens (tertiary/aromatic N) is 3. The van der Waals surface area contributed by atoms with Gasteiger partial charge in [0.25, 0.3) is 0 Å². The number of piperidine rings is 1. The Hall–Kier alpha value is -3.95. The number of methoxy groups -OCH3 is 1. The molecular weight excluding hydrogens is 600 g/mol. The largest absolute Gasteiger partial charge is 0.496 e. The van der Waals surface area contributed by atoms with Gasteiger partial charge in [-0.1, -0.05) is 23.7 Å². The van der Waals surface area contributed by atoms with Gasteiger partial charge in [0.2, 0.25) is 0 Å². The maximum Gasteiger partial charge on any atom is 0.335 e. The second-order valence-corrected chi connectivity index (χ2v) is 12.9. The van der Waals surface area contributed by atoms with E-state index < -0.39 is 24.2 Å². The smallest absolute Gasteiger partial charge is 0.335 e. The lowest BCUT2D eigenvalue weighted by Gasteiger charge is -2.34. The number of para-hydroxylation sites is 1. The number of hydrogen-bond acceptors (Lipinski definition) is 5. The van der Waals surface area contributed by atoms with Crippen molar-refractivity contribution in [1.29, 1.82) is 0 Å². The van der Waals surface area contributed by atoms with E-state index in [0.717, 1.165) is 61.2 Å². The van der Waals surface area contributed by atoms with Crippen LogP contribution in [0.3, 0.4) is 0 Å². The predicted molar refractivity (Wildman–Crippen MR) is 168 cm³/mol. The third kappa shape index (κ3) is 5.68. The van der Waals surface area contributed by atoms with Gasteiger partial charge in [-0.25, -0.2) is 14.2 Å². The maximum atomic E-state index is 15.5. The van der Waals surface area contributed by atoms with Gasteiger partial charge in [0, 0.05) is 22.5 Å². The van der Waals surface area contributed by atoms with Crippen LogP contribution in [-0.4, -0.2) is 52.4 Å². The van der Waals surface area contributed by atoms with Crippen molar-refractivity contribution in [2.75, 3.05) is 26.9 Å². The van der Waals surface area contributed by atoms with Crippen LogP contribution in [0.15, 0.2) is 60.7 Å². The highest BCUT2D eigenvalue weighted by Gasteiger charge is 2.44. The van der Waals surface area contributed by atoms with Gasteiger partial charge in [0.05, 0.1) is 42.5 Å². The van der Waals surface area contributed by atoms with E-state index >= 15 is 4.39 Å². The SMILES string of the molecule is COc1cc(Cl)ccc1[C@@H]1C=C(F)c2cccc(C3CCN(Cc4nc5ccc(C(=O)O)cc5n4CC4(CF)CC4)CC3)c2O1. The Balaban J connectivity index is 1.11. The Morgan fingerprint density at radius 2 is 1.93 bits per heavy atom. The summed E-state index contributed by atoms with van der Waals surface area (Å²) in [6.07, 6.45) is 4.14. The third-order valence-electron chi connectivity index (χ3n) is 9.55. The van der Waals surface area contributed by atoms with Crippen molar-refractivity contribution in [2.24, 2.45) is 5.41 Å². The van der Waals surface area contributed by atoms with Crippen LogP contribution in [-0.2, 0) is 13.1 Å². The van der Waals surface area contributed by atoms with E-state index in [4.69, 9.17) is 26.1 Å². The summed E-state index contributed by atoms with van der Waals surface area (Å²) in [6.45, 7) is 2.24. The summed E-state index contributed by atoms with van der Waals surface area (Å²) in [5, 5.41) is 10.1. The molecule has 7 rings (SSSR count). The van der Waals surface area contributed by atoms with Gasteiger partial charge in [-0.15, -0.1) is 0 Å². The molecule has 2 fully saturated rings. The molecule has 0 radical (unpaired) electrons. The molecule has 3 heterocycles. The summed E-state index contributed by atoms with van der Waals surface area (Å²) in [4.78, 5) is 18.9. The molecule has 2 aliphatic heterocycles. The molecule has 10 heteroatoms. The molecule has 1 aromatic heterocycles. The molecule has 1 N–H and O–H groups in total. The number of halogens is 3. The van der Waals surface area contributed by atoms with Crippen LogP contribution in [0.4, 0.5) is 8.78 Å². The van der Waals surface area contributed by atoms with Crippen molar-refractivity contribution in [3.63, 3.8) is 0 Å².